The molecule has 2 aromatic carbocycles. The van der Waals surface area contributed by atoms with E-state index in [9.17, 15) is 14.7 Å². The summed E-state index contributed by atoms with van der Waals surface area (Å²) in [5, 5.41) is 12.3. The minimum absolute atomic E-state index is 0.0598. The van der Waals surface area contributed by atoms with Crippen LogP contribution in [0.25, 0.3) is 10.8 Å². The molecule has 1 N–H and O–H groups in total. The second-order valence-electron chi connectivity index (χ2n) is 5.61. The minimum Gasteiger partial charge on any atom is -0.503 e. The van der Waals surface area contributed by atoms with E-state index >= 15 is 0 Å². The van der Waals surface area contributed by atoms with Crippen molar-refractivity contribution in [2.45, 2.75) is 19.8 Å². The van der Waals surface area contributed by atoms with Crippen molar-refractivity contribution in [1.29, 1.82) is 0 Å². The number of aliphatic hydroxyl groups excluding tert-OH is 1. The third-order valence-electron chi connectivity index (χ3n) is 4.12. The summed E-state index contributed by atoms with van der Waals surface area (Å²) < 4.78 is 4.94. The Kier molecular flexibility index (Phi) is 4.51. The zero-order chi connectivity index (χ0) is 17.1. The number of nitrogens with zero attached hydrogens (tertiary/aromatic N) is 1. The highest BCUT2D eigenvalue weighted by atomic mass is 16.5. The van der Waals surface area contributed by atoms with Crippen molar-refractivity contribution in [3.63, 3.8) is 0 Å². The Morgan fingerprint density at radius 2 is 1.96 bits per heavy atom. The lowest BCUT2D eigenvalue weighted by atomic mass is 10.1. The molecule has 0 aromatic heterocycles. The molecule has 0 saturated heterocycles. The Balaban J connectivity index is 2.03. The molecular weight excluding hydrogens is 306 g/mol. The third kappa shape index (κ3) is 2.85. The normalized spacial score (nSPS) is 15.5. The molecule has 1 amide bonds. The SMILES string of the molecule is CCOC(=O)C1=C(O)C(=O)N(c2cccc3ccccc23)CCC1. The fourth-order valence-electron chi connectivity index (χ4n) is 2.98. The van der Waals surface area contributed by atoms with Crippen LogP contribution in [0.3, 0.4) is 0 Å². The van der Waals surface area contributed by atoms with E-state index in [1.54, 1.807) is 6.92 Å². The van der Waals surface area contributed by atoms with Crippen molar-refractivity contribution >= 4 is 28.3 Å². The number of ether oxygens (including phenoxy) is 1. The summed E-state index contributed by atoms with van der Waals surface area (Å²) in [6, 6.07) is 13.5. The van der Waals surface area contributed by atoms with Crippen molar-refractivity contribution < 1.29 is 19.4 Å². The number of carbonyl (C=O) groups is 2. The summed E-state index contributed by atoms with van der Waals surface area (Å²) in [5.41, 5.74) is 0.791. The van der Waals surface area contributed by atoms with Crippen LogP contribution in [-0.2, 0) is 14.3 Å². The largest absolute Gasteiger partial charge is 0.503 e. The predicted molar refractivity (Wildman–Crippen MR) is 91.8 cm³/mol. The van der Waals surface area contributed by atoms with Crippen LogP contribution in [0.4, 0.5) is 5.69 Å². The number of hydrogen-bond donors (Lipinski definition) is 1. The molecule has 24 heavy (non-hydrogen) atoms. The van der Waals surface area contributed by atoms with E-state index in [-0.39, 0.29) is 12.2 Å². The van der Waals surface area contributed by atoms with Crippen LogP contribution < -0.4 is 4.90 Å². The van der Waals surface area contributed by atoms with E-state index in [0.717, 1.165) is 16.5 Å². The Hall–Kier alpha value is -2.82. The molecule has 3 rings (SSSR count). The van der Waals surface area contributed by atoms with Gasteiger partial charge in [-0.05, 0) is 31.2 Å². The molecule has 0 fully saturated rings. The number of fused-ring (bicyclic) bond motifs is 1. The van der Waals surface area contributed by atoms with E-state index in [1.165, 1.54) is 4.90 Å². The van der Waals surface area contributed by atoms with E-state index in [0.29, 0.717) is 19.4 Å². The van der Waals surface area contributed by atoms with Gasteiger partial charge in [0.25, 0.3) is 5.91 Å². The number of carbonyl (C=O) groups excluding carboxylic acids is 2. The summed E-state index contributed by atoms with van der Waals surface area (Å²) in [4.78, 5) is 26.2. The van der Waals surface area contributed by atoms with Gasteiger partial charge >= 0.3 is 5.97 Å². The standard InChI is InChI=1S/C19H19NO4/c1-2-24-19(23)15-10-6-12-20(18(22)17(15)21)16-11-5-8-13-7-3-4-9-14(13)16/h3-5,7-9,11,21H,2,6,10,12H2,1H3. The quantitative estimate of drug-likeness (QED) is 0.879. The van der Waals surface area contributed by atoms with Crippen molar-refractivity contribution in [3.05, 3.63) is 53.8 Å². The molecule has 2 aromatic rings. The van der Waals surface area contributed by atoms with Gasteiger partial charge in [0.2, 0.25) is 0 Å². The molecule has 1 heterocycles. The van der Waals surface area contributed by atoms with Gasteiger partial charge in [-0.15, -0.1) is 0 Å². The van der Waals surface area contributed by atoms with Gasteiger partial charge in [0.15, 0.2) is 5.76 Å². The van der Waals surface area contributed by atoms with E-state index in [2.05, 4.69) is 0 Å². The lowest BCUT2D eigenvalue weighted by Crippen LogP contribution is -2.32. The topological polar surface area (TPSA) is 66.8 Å². The van der Waals surface area contributed by atoms with E-state index in [4.69, 9.17) is 4.74 Å². The summed E-state index contributed by atoms with van der Waals surface area (Å²) in [5.74, 6) is -1.70. The van der Waals surface area contributed by atoms with Gasteiger partial charge < -0.3 is 14.7 Å². The fraction of sp³-hybridized carbons (Fsp3) is 0.263. The number of aliphatic hydroxyl groups is 1. The van der Waals surface area contributed by atoms with Crippen LogP contribution in [0.5, 0.6) is 0 Å². The number of hydrogen-bond acceptors (Lipinski definition) is 4. The molecule has 1 aliphatic heterocycles. The summed E-state index contributed by atoms with van der Waals surface area (Å²) in [6.07, 6.45) is 0.894. The predicted octanol–water partition coefficient (Wildman–Crippen LogP) is 3.34. The first kappa shape index (κ1) is 16.1. The van der Waals surface area contributed by atoms with Crippen molar-refractivity contribution in [3.8, 4) is 0 Å². The molecule has 0 saturated carbocycles. The highest BCUT2D eigenvalue weighted by molar-refractivity contribution is 6.12. The van der Waals surface area contributed by atoms with Gasteiger partial charge in [0, 0.05) is 11.9 Å². The fourth-order valence-corrected chi connectivity index (χ4v) is 2.98. The second kappa shape index (κ2) is 6.74. The summed E-state index contributed by atoms with van der Waals surface area (Å²) >= 11 is 0. The molecule has 124 valence electrons. The van der Waals surface area contributed by atoms with Gasteiger partial charge in [-0.1, -0.05) is 36.4 Å². The third-order valence-corrected chi connectivity index (χ3v) is 4.12. The molecule has 1 aliphatic rings. The van der Waals surface area contributed by atoms with Crippen molar-refractivity contribution in [2.24, 2.45) is 0 Å². The number of anilines is 1. The van der Waals surface area contributed by atoms with Gasteiger partial charge in [-0.25, -0.2) is 4.79 Å². The molecular formula is C19H19NO4. The molecule has 5 heteroatoms. The van der Waals surface area contributed by atoms with Crippen molar-refractivity contribution in [1.82, 2.24) is 0 Å². The lowest BCUT2D eigenvalue weighted by molar-refractivity contribution is -0.139. The Bertz CT molecular complexity index is 820. The van der Waals surface area contributed by atoms with Crippen LogP contribution in [0.2, 0.25) is 0 Å². The maximum absolute atomic E-state index is 12.7. The van der Waals surface area contributed by atoms with Gasteiger partial charge in [0.05, 0.1) is 17.9 Å². The first-order chi connectivity index (χ1) is 11.6. The Labute approximate surface area is 140 Å². The van der Waals surface area contributed by atoms with E-state index in [1.807, 2.05) is 42.5 Å². The molecule has 0 spiro atoms. The van der Waals surface area contributed by atoms with Crippen LogP contribution in [0.1, 0.15) is 19.8 Å². The van der Waals surface area contributed by atoms with E-state index < -0.39 is 17.6 Å². The first-order valence-corrected chi connectivity index (χ1v) is 8.02. The number of benzene rings is 2. The molecule has 0 unspecified atom stereocenters. The first-order valence-electron chi connectivity index (χ1n) is 8.02. The maximum atomic E-state index is 12.7. The van der Waals surface area contributed by atoms with Crippen LogP contribution in [0, 0.1) is 0 Å². The minimum atomic E-state index is -0.622. The van der Waals surface area contributed by atoms with Crippen LogP contribution in [-0.4, -0.2) is 30.1 Å². The van der Waals surface area contributed by atoms with Crippen molar-refractivity contribution in [2.75, 3.05) is 18.1 Å². The second-order valence-corrected chi connectivity index (χ2v) is 5.61. The average Bonchev–Trinajstić information content (AvgIpc) is 2.74. The van der Waals surface area contributed by atoms with Gasteiger partial charge in [0.1, 0.15) is 0 Å². The molecule has 5 nitrogen and oxygen atoms in total. The smallest absolute Gasteiger partial charge is 0.337 e. The highest BCUT2D eigenvalue weighted by Crippen LogP contribution is 2.30. The summed E-state index contributed by atoms with van der Waals surface area (Å²) in [6.45, 7) is 2.33. The molecule has 0 atom stereocenters. The average molecular weight is 325 g/mol. The molecule has 0 bridgehead atoms. The van der Waals surface area contributed by atoms with Gasteiger partial charge in [-0.3, -0.25) is 4.79 Å². The maximum Gasteiger partial charge on any atom is 0.337 e. The number of esters is 1. The summed E-state index contributed by atoms with van der Waals surface area (Å²) in [7, 11) is 0. The lowest BCUT2D eigenvalue weighted by Gasteiger charge is -2.22. The van der Waals surface area contributed by atoms with Gasteiger partial charge in [-0.2, -0.15) is 0 Å². The van der Waals surface area contributed by atoms with Crippen LogP contribution >= 0.6 is 0 Å². The monoisotopic (exact) mass is 325 g/mol. The number of rotatable bonds is 3. The number of amides is 1. The Morgan fingerprint density at radius 1 is 1.21 bits per heavy atom. The van der Waals surface area contributed by atoms with Crippen LogP contribution in [0.15, 0.2) is 53.8 Å². The molecule has 0 aliphatic carbocycles. The zero-order valence-electron chi connectivity index (χ0n) is 13.5. The molecule has 0 radical (unpaired) electrons. The zero-order valence-corrected chi connectivity index (χ0v) is 13.5. The highest BCUT2D eigenvalue weighted by Gasteiger charge is 2.30. The Morgan fingerprint density at radius 3 is 2.75 bits per heavy atom.